The van der Waals surface area contributed by atoms with Crippen LogP contribution in [0.25, 0.3) is 0 Å². The molecular weight excluding hydrogens is 176 g/mol. The van der Waals surface area contributed by atoms with E-state index in [-0.39, 0.29) is 6.04 Å². The first-order valence-electron chi connectivity index (χ1n) is 4.44. The van der Waals surface area contributed by atoms with Gasteiger partial charge in [-0.05, 0) is 12.5 Å². The summed E-state index contributed by atoms with van der Waals surface area (Å²) in [6.07, 6.45) is 7.01. The highest BCUT2D eigenvalue weighted by atomic mass is 16.5. The van der Waals surface area contributed by atoms with Crippen molar-refractivity contribution in [3.05, 3.63) is 23.9 Å². The van der Waals surface area contributed by atoms with E-state index in [1.54, 1.807) is 13.3 Å². The predicted molar refractivity (Wildman–Crippen MR) is 55.9 cm³/mol. The molecule has 0 bridgehead atoms. The molecule has 0 aromatic carbocycles. The van der Waals surface area contributed by atoms with Crippen LogP contribution in [0.1, 0.15) is 12.5 Å². The van der Waals surface area contributed by atoms with Gasteiger partial charge in [0.15, 0.2) is 0 Å². The fourth-order valence-electron chi connectivity index (χ4n) is 0.966. The van der Waals surface area contributed by atoms with Crippen LogP contribution < -0.4 is 10.1 Å². The molecule has 0 aliphatic carbocycles. The van der Waals surface area contributed by atoms with Gasteiger partial charge in [-0.25, -0.2) is 4.98 Å². The minimum atomic E-state index is 0.0806. The Morgan fingerprint density at radius 1 is 1.64 bits per heavy atom. The van der Waals surface area contributed by atoms with Crippen LogP contribution in [0.4, 0.5) is 0 Å². The lowest BCUT2D eigenvalue weighted by Gasteiger charge is -2.07. The Bertz CT molecular complexity index is 313. The second-order valence-electron chi connectivity index (χ2n) is 2.98. The van der Waals surface area contributed by atoms with Crippen LogP contribution in [0, 0.1) is 12.3 Å². The molecule has 0 radical (unpaired) electrons. The van der Waals surface area contributed by atoms with Crippen molar-refractivity contribution in [3.8, 4) is 18.2 Å². The minimum absolute atomic E-state index is 0.0806. The zero-order chi connectivity index (χ0) is 10.4. The summed E-state index contributed by atoms with van der Waals surface area (Å²) in [4.78, 5) is 4.09. The second-order valence-corrected chi connectivity index (χ2v) is 2.98. The van der Waals surface area contributed by atoms with Gasteiger partial charge in [0.1, 0.15) is 0 Å². The molecule has 0 spiro atoms. The van der Waals surface area contributed by atoms with E-state index < -0.39 is 0 Å². The molecule has 0 fully saturated rings. The van der Waals surface area contributed by atoms with Gasteiger partial charge in [0, 0.05) is 18.8 Å². The van der Waals surface area contributed by atoms with Gasteiger partial charge in [0.25, 0.3) is 0 Å². The van der Waals surface area contributed by atoms with Gasteiger partial charge >= 0.3 is 0 Å². The van der Waals surface area contributed by atoms with Crippen LogP contribution in [-0.2, 0) is 6.54 Å². The number of nitrogens with zero attached hydrogens (tertiary/aromatic N) is 1. The van der Waals surface area contributed by atoms with Gasteiger partial charge in [-0.2, -0.15) is 0 Å². The number of nitrogens with one attached hydrogen (secondary N) is 1. The Morgan fingerprint density at radius 2 is 2.43 bits per heavy atom. The van der Waals surface area contributed by atoms with E-state index in [0.717, 1.165) is 12.1 Å². The Hall–Kier alpha value is -1.53. The number of rotatable bonds is 4. The molecule has 1 aromatic rings. The molecule has 1 atom stereocenters. The number of hydrogen-bond donors (Lipinski definition) is 1. The number of ether oxygens (including phenoxy) is 1. The third-order valence-electron chi connectivity index (χ3n) is 1.87. The number of hydrogen-bond acceptors (Lipinski definition) is 3. The molecule has 0 saturated carbocycles. The molecule has 14 heavy (non-hydrogen) atoms. The lowest BCUT2D eigenvalue weighted by molar-refractivity contribution is 0.397. The molecule has 0 saturated heterocycles. The summed E-state index contributed by atoms with van der Waals surface area (Å²) in [5.41, 5.74) is 1.09. The Kier molecular flexibility index (Phi) is 3.96. The highest BCUT2D eigenvalue weighted by Gasteiger charge is 1.97. The summed E-state index contributed by atoms with van der Waals surface area (Å²) in [5.74, 6) is 3.23. The van der Waals surface area contributed by atoms with Crippen LogP contribution in [0.15, 0.2) is 18.3 Å². The van der Waals surface area contributed by atoms with Gasteiger partial charge in [-0.15, -0.1) is 6.42 Å². The fraction of sp³-hybridized carbons (Fsp3) is 0.364. The van der Waals surface area contributed by atoms with Crippen LogP contribution in [0.3, 0.4) is 0 Å². The van der Waals surface area contributed by atoms with Crippen LogP contribution in [0.2, 0.25) is 0 Å². The fourth-order valence-corrected chi connectivity index (χ4v) is 0.966. The highest BCUT2D eigenvalue weighted by molar-refractivity contribution is 5.17. The summed E-state index contributed by atoms with van der Waals surface area (Å²) >= 11 is 0. The lowest BCUT2D eigenvalue weighted by Crippen LogP contribution is -2.23. The van der Waals surface area contributed by atoms with Crippen molar-refractivity contribution in [1.29, 1.82) is 0 Å². The number of aromatic nitrogens is 1. The molecule has 3 nitrogen and oxygen atoms in total. The zero-order valence-corrected chi connectivity index (χ0v) is 8.45. The van der Waals surface area contributed by atoms with Crippen LogP contribution in [-0.4, -0.2) is 18.1 Å². The maximum atomic E-state index is 5.23. The highest BCUT2D eigenvalue weighted by Crippen LogP contribution is 2.06. The summed E-state index contributed by atoms with van der Waals surface area (Å²) in [5, 5.41) is 3.17. The summed E-state index contributed by atoms with van der Waals surface area (Å²) < 4.78 is 4.95. The molecule has 0 amide bonds. The van der Waals surface area contributed by atoms with E-state index in [1.807, 2.05) is 19.1 Å². The summed E-state index contributed by atoms with van der Waals surface area (Å²) in [6.45, 7) is 2.67. The molecule has 1 rings (SSSR count). The van der Waals surface area contributed by atoms with E-state index in [2.05, 4.69) is 16.2 Å². The van der Waals surface area contributed by atoms with Gasteiger partial charge in [-0.3, -0.25) is 5.32 Å². The van der Waals surface area contributed by atoms with Crippen LogP contribution >= 0.6 is 0 Å². The number of pyridine rings is 1. The Balaban J connectivity index is 2.48. The third kappa shape index (κ3) is 3.08. The lowest BCUT2D eigenvalue weighted by atomic mass is 10.2. The summed E-state index contributed by atoms with van der Waals surface area (Å²) in [6, 6.07) is 3.87. The zero-order valence-electron chi connectivity index (χ0n) is 8.45. The van der Waals surface area contributed by atoms with E-state index in [9.17, 15) is 0 Å². The second kappa shape index (κ2) is 5.25. The normalized spacial score (nSPS) is 11.8. The molecule has 1 aromatic heterocycles. The Morgan fingerprint density at radius 3 is 2.93 bits per heavy atom. The first kappa shape index (κ1) is 10.6. The van der Waals surface area contributed by atoms with Gasteiger partial charge in [0.05, 0.1) is 13.2 Å². The smallest absolute Gasteiger partial charge is 0.212 e. The standard InChI is InChI=1S/C11H14N2O/c1-4-9(2)12-7-10-5-6-11(14-3)13-8-10/h1,5-6,8-9,12H,7H2,2-3H3. The predicted octanol–water partition coefficient (Wildman–Crippen LogP) is 1.20. The summed E-state index contributed by atoms with van der Waals surface area (Å²) in [7, 11) is 1.60. The van der Waals surface area contributed by atoms with Gasteiger partial charge in [0.2, 0.25) is 5.88 Å². The van der Waals surface area contributed by atoms with Gasteiger partial charge < -0.3 is 4.74 Å². The number of methoxy groups -OCH3 is 1. The first-order valence-corrected chi connectivity index (χ1v) is 4.44. The average Bonchev–Trinajstić information content (AvgIpc) is 2.26. The van der Waals surface area contributed by atoms with E-state index in [0.29, 0.717) is 5.88 Å². The monoisotopic (exact) mass is 190 g/mol. The molecule has 0 aliphatic rings. The SMILES string of the molecule is C#CC(C)NCc1ccc(OC)nc1. The molecule has 0 aliphatic heterocycles. The largest absolute Gasteiger partial charge is 0.481 e. The van der Waals surface area contributed by atoms with Crippen molar-refractivity contribution in [2.75, 3.05) is 7.11 Å². The van der Waals surface area contributed by atoms with Crippen LogP contribution in [0.5, 0.6) is 5.88 Å². The quantitative estimate of drug-likeness (QED) is 0.724. The van der Waals surface area contributed by atoms with E-state index in [1.165, 1.54) is 0 Å². The van der Waals surface area contributed by atoms with Crippen molar-refractivity contribution in [3.63, 3.8) is 0 Å². The van der Waals surface area contributed by atoms with Crippen molar-refractivity contribution in [2.45, 2.75) is 19.5 Å². The molecular formula is C11H14N2O. The minimum Gasteiger partial charge on any atom is -0.481 e. The first-order chi connectivity index (χ1) is 6.76. The van der Waals surface area contributed by atoms with Crippen molar-refractivity contribution in [1.82, 2.24) is 10.3 Å². The van der Waals surface area contributed by atoms with E-state index in [4.69, 9.17) is 11.2 Å². The molecule has 1 N–H and O–H groups in total. The maximum absolute atomic E-state index is 5.23. The molecule has 1 unspecified atom stereocenters. The van der Waals surface area contributed by atoms with Gasteiger partial charge in [-0.1, -0.05) is 12.0 Å². The molecule has 74 valence electrons. The average molecular weight is 190 g/mol. The Labute approximate surface area is 84.5 Å². The van der Waals surface area contributed by atoms with Crippen molar-refractivity contribution >= 4 is 0 Å². The molecule has 1 heterocycles. The van der Waals surface area contributed by atoms with E-state index >= 15 is 0 Å². The topological polar surface area (TPSA) is 34.1 Å². The van der Waals surface area contributed by atoms with Crippen molar-refractivity contribution in [2.24, 2.45) is 0 Å². The maximum Gasteiger partial charge on any atom is 0.212 e. The number of terminal acetylenes is 1. The third-order valence-corrected chi connectivity index (χ3v) is 1.87. The van der Waals surface area contributed by atoms with Crippen molar-refractivity contribution < 1.29 is 4.74 Å². The molecule has 3 heteroatoms.